The highest BCUT2D eigenvalue weighted by Crippen LogP contribution is 2.22. The number of rotatable bonds is 2. The molecule has 0 aliphatic carbocycles. The van der Waals surface area contributed by atoms with Crippen molar-refractivity contribution in [1.29, 1.82) is 0 Å². The third-order valence-corrected chi connectivity index (χ3v) is 5.11. The summed E-state index contributed by atoms with van der Waals surface area (Å²) in [5.74, 6) is -0.0138. The Labute approximate surface area is 128 Å². The maximum absolute atomic E-state index is 12.3. The van der Waals surface area contributed by atoms with Crippen LogP contribution in [0.15, 0.2) is 5.38 Å². The van der Waals surface area contributed by atoms with Crippen molar-refractivity contribution in [3.8, 4) is 0 Å². The Balaban J connectivity index is 1.54. The molecule has 3 rings (SSSR count). The van der Waals surface area contributed by atoms with Gasteiger partial charge in [0.15, 0.2) is 5.13 Å². The quantitative estimate of drug-likeness (QED) is 0.844. The SMILES string of the molecule is Nc1nc(C(=O)N2CCC(N3CCC[C@H](O)C3)CC2)cs1. The highest BCUT2D eigenvalue weighted by atomic mass is 32.1. The van der Waals surface area contributed by atoms with Crippen molar-refractivity contribution in [2.24, 2.45) is 0 Å². The minimum atomic E-state index is -0.184. The molecule has 1 atom stereocenters. The summed E-state index contributed by atoms with van der Waals surface area (Å²) in [4.78, 5) is 20.6. The largest absolute Gasteiger partial charge is 0.392 e. The molecule has 21 heavy (non-hydrogen) atoms. The van der Waals surface area contributed by atoms with E-state index in [2.05, 4.69) is 9.88 Å². The van der Waals surface area contributed by atoms with E-state index in [9.17, 15) is 9.90 Å². The number of amides is 1. The monoisotopic (exact) mass is 310 g/mol. The van der Waals surface area contributed by atoms with Crippen LogP contribution in [0.5, 0.6) is 0 Å². The van der Waals surface area contributed by atoms with Gasteiger partial charge in [-0.15, -0.1) is 11.3 Å². The van der Waals surface area contributed by atoms with E-state index in [1.165, 1.54) is 11.3 Å². The number of nitrogens with two attached hydrogens (primary N) is 1. The molecular weight excluding hydrogens is 288 g/mol. The lowest BCUT2D eigenvalue weighted by Gasteiger charge is -2.41. The zero-order valence-electron chi connectivity index (χ0n) is 12.1. The first kappa shape index (κ1) is 14.7. The Hall–Kier alpha value is -1.18. The summed E-state index contributed by atoms with van der Waals surface area (Å²) in [7, 11) is 0. The molecule has 2 fully saturated rings. The molecule has 1 aromatic heterocycles. The average molecular weight is 310 g/mol. The average Bonchev–Trinajstić information content (AvgIpc) is 2.93. The van der Waals surface area contributed by atoms with E-state index in [-0.39, 0.29) is 12.0 Å². The summed E-state index contributed by atoms with van der Waals surface area (Å²) in [6.07, 6.45) is 3.74. The molecule has 1 amide bonds. The number of piperidine rings is 2. The Morgan fingerprint density at radius 1 is 1.33 bits per heavy atom. The number of aromatic nitrogens is 1. The van der Waals surface area contributed by atoms with Gasteiger partial charge < -0.3 is 15.7 Å². The van der Waals surface area contributed by atoms with Crippen molar-refractivity contribution in [2.75, 3.05) is 31.9 Å². The number of carbonyl (C=O) groups excluding carboxylic acids is 1. The third kappa shape index (κ3) is 3.36. The molecule has 3 N–H and O–H groups in total. The molecule has 0 saturated carbocycles. The van der Waals surface area contributed by atoms with Crippen LogP contribution in [0.2, 0.25) is 0 Å². The van der Waals surface area contributed by atoms with Crippen LogP contribution in [0, 0.1) is 0 Å². The molecule has 1 aromatic rings. The van der Waals surface area contributed by atoms with E-state index in [1.54, 1.807) is 5.38 Å². The van der Waals surface area contributed by atoms with Crippen LogP contribution >= 0.6 is 11.3 Å². The number of nitrogens with zero attached hydrogens (tertiary/aromatic N) is 3. The Morgan fingerprint density at radius 3 is 2.71 bits per heavy atom. The number of nitrogen functional groups attached to an aromatic ring is 1. The van der Waals surface area contributed by atoms with Crippen LogP contribution in [-0.2, 0) is 0 Å². The fourth-order valence-electron chi connectivity index (χ4n) is 3.30. The third-order valence-electron chi connectivity index (χ3n) is 4.44. The normalized spacial score (nSPS) is 25.2. The van der Waals surface area contributed by atoms with Gasteiger partial charge in [-0.25, -0.2) is 4.98 Å². The summed E-state index contributed by atoms with van der Waals surface area (Å²) < 4.78 is 0. The maximum atomic E-state index is 12.3. The van der Waals surface area contributed by atoms with Gasteiger partial charge in [-0.2, -0.15) is 0 Å². The minimum absolute atomic E-state index is 0.0138. The minimum Gasteiger partial charge on any atom is -0.392 e. The number of hydrogen-bond acceptors (Lipinski definition) is 6. The van der Waals surface area contributed by atoms with Gasteiger partial charge in [0, 0.05) is 31.1 Å². The second-order valence-electron chi connectivity index (χ2n) is 5.89. The van der Waals surface area contributed by atoms with Crippen molar-refractivity contribution in [2.45, 2.75) is 37.8 Å². The number of β-amino-alcohol motifs (C(OH)–C–C–N with tert-alkyl or cyclic N) is 1. The highest BCUT2D eigenvalue weighted by molar-refractivity contribution is 7.13. The first-order valence-corrected chi connectivity index (χ1v) is 8.44. The maximum Gasteiger partial charge on any atom is 0.273 e. The van der Waals surface area contributed by atoms with Crippen molar-refractivity contribution in [3.05, 3.63) is 11.1 Å². The standard InChI is InChI=1S/C14H22N4O2S/c15-14-16-12(9-21-14)13(20)17-6-3-10(4-7-17)18-5-1-2-11(19)8-18/h9-11,19H,1-8H2,(H2,15,16)/t11-/m0/s1. The molecule has 0 radical (unpaired) electrons. The van der Waals surface area contributed by atoms with E-state index < -0.39 is 0 Å². The summed E-state index contributed by atoms with van der Waals surface area (Å²) in [6, 6.07) is 0.490. The highest BCUT2D eigenvalue weighted by Gasteiger charge is 2.30. The lowest BCUT2D eigenvalue weighted by molar-refractivity contribution is 0.0239. The fraction of sp³-hybridized carbons (Fsp3) is 0.714. The van der Waals surface area contributed by atoms with Gasteiger partial charge in [0.2, 0.25) is 0 Å². The lowest BCUT2D eigenvalue weighted by atomic mass is 9.99. The van der Waals surface area contributed by atoms with E-state index in [0.29, 0.717) is 16.9 Å². The summed E-state index contributed by atoms with van der Waals surface area (Å²) >= 11 is 1.30. The Kier molecular flexibility index (Phi) is 4.42. The topological polar surface area (TPSA) is 82.7 Å². The van der Waals surface area contributed by atoms with Crippen LogP contribution in [-0.4, -0.2) is 64.1 Å². The molecule has 116 valence electrons. The van der Waals surface area contributed by atoms with Gasteiger partial charge in [-0.3, -0.25) is 9.69 Å². The van der Waals surface area contributed by atoms with Gasteiger partial charge >= 0.3 is 0 Å². The number of thiazole rings is 1. The molecule has 0 spiro atoms. The first-order valence-electron chi connectivity index (χ1n) is 7.56. The first-order chi connectivity index (χ1) is 10.1. The van der Waals surface area contributed by atoms with Gasteiger partial charge in [0.05, 0.1) is 6.10 Å². The van der Waals surface area contributed by atoms with Crippen LogP contribution < -0.4 is 5.73 Å². The predicted molar refractivity (Wildman–Crippen MR) is 82.3 cm³/mol. The molecule has 2 aliphatic rings. The second-order valence-corrected chi connectivity index (χ2v) is 6.78. The predicted octanol–water partition coefficient (Wildman–Crippen LogP) is 0.787. The molecule has 2 aliphatic heterocycles. The van der Waals surface area contributed by atoms with Crippen molar-refractivity contribution in [3.63, 3.8) is 0 Å². The number of anilines is 1. The fourth-order valence-corrected chi connectivity index (χ4v) is 3.83. The van der Waals surface area contributed by atoms with Gasteiger partial charge in [-0.05, 0) is 32.2 Å². The van der Waals surface area contributed by atoms with Crippen LogP contribution in [0.4, 0.5) is 5.13 Å². The van der Waals surface area contributed by atoms with E-state index >= 15 is 0 Å². The van der Waals surface area contributed by atoms with E-state index in [0.717, 1.165) is 51.9 Å². The summed E-state index contributed by atoms with van der Waals surface area (Å²) in [6.45, 7) is 3.36. The van der Waals surface area contributed by atoms with Gasteiger partial charge in [0.25, 0.3) is 5.91 Å². The Morgan fingerprint density at radius 2 is 2.10 bits per heavy atom. The summed E-state index contributed by atoms with van der Waals surface area (Å²) in [5.41, 5.74) is 6.05. The second kappa shape index (κ2) is 6.29. The smallest absolute Gasteiger partial charge is 0.273 e. The van der Waals surface area contributed by atoms with Crippen LogP contribution in [0.1, 0.15) is 36.2 Å². The van der Waals surface area contributed by atoms with Crippen LogP contribution in [0.3, 0.4) is 0 Å². The number of likely N-dealkylation sites (tertiary alicyclic amines) is 2. The van der Waals surface area contributed by atoms with Crippen LogP contribution in [0.25, 0.3) is 0 Å². The molecular formula is C14H22N4O2S. The Bertz CT molecular complexity index is 499. The zero-order valence-corrected chi connectivity index (χ0v) is 12.9. The van der Waals surface area contributed by atoms with Crippen molar-refractivity contribution >= 4 is 22.4 Å². The van der Waals surface area contributed by atoms with Crippen molar-refractivity contribution in [1.82, 2.24) is 14.8 Å². The molecule has 0 bridgehead atoms. The van der Waals surface area contributed by atoms with E-state index in [4.69, 9.17) is 5.73 Å². The number of aliphatic hydroxyl groups excluding tert-OH is 1. The lowest BCUT2D eigenvalue weighted by Crippen LogP contribution is -2.50. The molecule has 3 heterocycles. The summed E-state index contributed by atoms with van der Waals surface area (Å²) in [5, 5.41) is 11.9. The zero-order chi connectivity index (χ0) is 14.8. The van der Waals surface area contributed by atoms with E-state index in [1.807, 2.05) is 4.90 Å². The van der Waals surface area contributed by atoms with Gasteiger partial charge in [0.1, 0.15) is 5.69 Å². The van der Waals surface area contributed by atoms with Gasteiger partial charge in [-0.1, -0.05) is 0 Å². The molecule has 7 heteroatoms. The molecule has 6 nitrogen and oxygen atoms in total. The number of aliphatic hydroxyl groups is 1. The molecule has 0 unspecified atom stereocenters. The number of carbonyl (C=O) groups is 1. The molecule has 0 aromatic carbocycles. The number of hydrogen-bond donors (Lipinski definition) is 2. The molecule has 2 saturated heterocycles. The van der Waals surface area contributed by atoms with Crippen molar-refractivity contribution < 1.29 is 9.90 Å².